The van der Waals surface area contributed by atoms with Crippen molar-refractivity contribution >= 4 is 33.4 Å². The van der Waals surface area contributed by atoms with E-state index >= 15 is 0 Å². The molecule has 1 N–H and O–H groups in total. The van der Waals surface area contributed by atoms with Gasteiger partial charge in [-0.1, -0.05) is 22.9 Å². The van der Waals surface area contributed by atoms with E-state index in [4.69, 9.17) is 5.26 Å². The van der Waals surface area contributed by atoms with Gasteiger partial charge < -0.3 is 5.32 Å². The van der Waals surface area contributed by atoms with Crippen LogP contribution >= 0.6 is 27.7 Å². The molecule has 0 aliphatic rings. The van der Waals surface area contributed by atoms with Crippen molar-refractivity contribution in [2.75, 3.05) is 16.8 Å². The number of benzene rings is 1. The van der Waals surface area contributed by atoms with Crippen LogP contribution in [0.25, 0.3) is 0 Å². The maximum atomic E-state index is 9.01. The molecule has 0 saturated carbocycles. The lowest BCUT2D eigenvalue weighted by Gasteiger charge is -2.12. The molecule has 2 nitrogen and oxygen atoms in total. The van der Waals surface area contributed by atoms with Crippen LogP contribution in [0.3, 0.4) is 0 Å². The zero-order valence-electron chi connectivity index (χ0n) is 9.24. The quantitative estimate of drug-likeness (QED) is 0.809. The Hall–Kier alpha value is -0.660. The number of nitriles is 1. The number of anilines is 1. The molecule has 1 unspecified atom stereocenters. The minimum absolute atomic E-state index is 0.0970. The standard InChI is InChI=1S/C12H15BrN2S/c1-2-16-8-7-12(9-14)15-11-5-3-10(13)4-6-11/h3-6,12,15H,2,7-8H2,1H3. The summed E-state index contributed by atoms with van der Waals surface area (Å²) in [6, 6.07) is 10.1. The Kier molecular flexibility index (Phi) is 6.36. The van der Waals surface area contributed by atoms with Gasteiger partial charge in [0.25, 0.3) is 0 Å². The predicted molar refractivity (Wildman–Crippen MR) is 74.8 cm³/mol. The molecular weight excluding hydrogens is 284 g/mol. The zero-order valence-corrected chi connectivity index (χ0v) is 11.6. The number of nitrogens with zero attached hydrogens (tertiary/aromatic N) is 1. The zero-order chi connectivity index (χ0) is 11.8. The van der Waals surface area contributed by atoms with Gasteiger partial charge in [0.1, 0.15) is 6.04 Å². The predicted octanol–water partition coefficient (Wildman–Crippen LogP) is 3.90. The summed E-state index contributed by atoms with van der Waals surface area (Å²) in [4.78, 5) is 0. The van der Waals surface area contributed by atoms with Crippen molar-refractivity contribution in [3.63, 3.8) is 0 Å². The van der Waals surface area contributed by atoms with E-state index in [2.05, 4.69) is 34.2 Å². The second-order valence-corrected chi connectivity index (χ2v) is 5.63. The number of thioether (sulfide) groups is 1. The topological polar surface area (TPSA) is 35.8 Å². The van der Waals surface area contributed by atoms with E-state index in [0.29, 0.717) is 0 Å². The van der Waals surface area contributed by atoms with Crippen LogP contribution in [0.15, 0.2) is 28.7 Å². The summed E-state index contributed by atoms with van der Waals surface area (Å²) >= 11 is 5.25. The molecule has 0 heterocycles. The Morgan fingerprint density at radius 1 is 1.44 bits per heavy atom. The van der Waals surface area contributed by atoms with Crippen LogP contribution in [0.1, 0.15) is 13.3 Å². The van der Waals surface area contributed by atoms with Crippen LogP contribution in [0.5, 0.6) is 0 Å². The first-order valence-electron chi connectivity index (χ1n) is 5.25. The van der Waals surface area contributed by atoms with Crippen molar-refractivity contribution < 1.29 is 0 Å². The highest BCUT2D eigenvalue weighted by Gasteiger charge is 2.06. The SMILES string of the molecule is CCSCCC(C#N)Nc1ccc(Br)cc1. The number of rotatable bonds is 6. The van der Waals surface area contributed by atoms with E-state index in [0.717, 1.165) is 28.1 Å². The third-order valence-corrected chi connectivity index (χ3v) is 3.56. The van der Waals surface area contributed by atoms with Crippen molar-refractivity contribution in [2.45, 2.75) is 19.4 Å². The first kappa shape index (κ1) is 13.4. The van der Waals surface area contributed by atoms with E-state index in [1.165, 1.54) is 0 Å². The lowest BCUT2D eigenvalue weighted by molar-refractivity contribution is 0.854. The fourth-order valence-electron chi connectivity index (χ4n) is 1.26. The Balaban J connectivity index is 2.44. The molecule has 1 rings (SSSR count). The van der Waals surface area contributed by atoms with Gasteiger partial charge in [-0.15, -0.1) is 0 Å². The highest BCUT2D eigenvalue weighted by atomic mass is 79.9. The second kappa shape index (κ2) is 7.59. The molecule has 0 aliphatic heterocycles. The Morgan fingerprint density at radius 3 is 2.69 bits per heavy atom. The molecule has 0 aromatic heterocycles. The Bertz CT molecular complexity index is 345. The number of hydrogen-bond donors (Lipinski definition) is 1. The van der Waals surface area contributed by atoms with Crippen molar-refractivity contribution in [1.29, 1.82) is 5.26 Å². The van der Waals surface area contributed by atoms with Crippen LogP contribution in [0.2, 0.25) is 0 Å². The van der Waals surface area contributed by atoms with E-state index < -0.39 is 0 Å². The fraction of sp³-hybridized carbons (Fsp3) is 0.417. The summed E-state index contributed by atoms with van der Waals surface area (Å²) in [6.45, 7) is 2.13. The van der Waals surface area contributed by atoms with Crippen LogP contribution in [-0.2, 0) is 0 Å². The van der Waals surface area contributed by atoms with Gasteiger partial charge in [-0.2, -0.15) is 17.0 Å². The Labute approximate surface area is 110 Å². The highest BCUT2D eigenvalue weighted by Crippen LogP contribution is 2.16. The van der Waals surface area contributed by atoms with Crippen LogP contribution in [-0.4, -0.2) is 17.5 Å². The number of halogens is 1. The molecule has 0 aliphatic carbocycles. The van der Waals surface area contributed by atoms with E-state index in [1.54, 1.807) is 0 Å². The third-order valence-electron chi connectivity index (χ3n) is 2.10. The van der Waals surface area contributed by atoms with Gasteiger partial charge in [-0.3, -0.25) is 0 Å². The van der Waals surface area contributed by atoms with Crippen molar-refractivity contribution in [3.8, 4) is 6.07 Å². The number of hydrogen-bond acceptors (Lipinski definition) is 3. The summed E-state index contributed by atoms with van der Waals surface area (Å²) in [7, 11) is 0. The fourth-order valence-corrected chi connectivity index (χ4v) is 2.22. The smallest absolute Gasteiger partial charge is 0.115 e. The number of nitrogens with one attached hydrogen (secondary N) is 1. The molecule has 1 atom stereocenters. The van der Waals surface area contributed by atoms with Gasteiger partial charge in [0, 0.05) is 10.2 Å². The molecule has 86 valence electrons. The molecule has 0 bridgehead atoms. The summed E-state index contributed by atoms with van der Waals surface area (Å²) in [5.74, 6) is 2.13. The average Bonchev–Trinajstić information content (AvgIpc) is 2.31. The molecule has 1 aromatic carbocycles. The monoisotopic (exact) mass is 298 g/mol. The van der Waals surface area contributed by atoms with Gasteiger partial charge in [0.2, 0.25) is 0 Å². The molecule has 0 spiro atoms. The summed E-state index contributed by atoms with van der Waals surface area (Å²) in [6.07, 6.45) is 0.880. The molecule has 0 radical (unpaired) electrons. The maximum absolute atomic E-state index is 9.01. The normalized spacial score (nSPS) is 11.8. The van der Waals surface area contributed by atoms with Gasteiger partial charge in [-0.25, -0.2) is 0 Å². The molecule has 0 fully saturated rings. The first-order valence-corrected chi connectivity index (χ1v) is 7.20. The van der Waals surface area contributed by atoms with E-state index in [9.17, 15) is 0 Å². The minimum Gasteiger partial charge on any atom is -0.370 e. The lowest BCUT2D eigenvalue weighted by Crippen LogP contribution is -2.17. The molecule has 4 heteroatoms. The summed E-state index contributed by atoms with van der Waals surface area (Å²) in [5.41, 5.74) is 0.997. The third kappa shape index (κ3) is 4.91. The van der Waals surface area contributed by atoms with E-state index in [1.807, 2.05) is 36.0 Å². The molecule has 0 saturated heterocycles. The minimum atomic E-state index is -0.0970. The molecule has 0 amide bonds. The Morgan fingerprint density at radius 2 is 2.12 bits per heavy atom. The van der Waals surface area contributed by atoms with E-state index in [-0.39, 0.29) is 6.04 Å². The van der Waals surface area contributed by atoms with Gasteiger partial charge >= 0.3 is 0 Å². The second-order valence-electron chi connectivity index (χ2n) is 3.32. The molecule has 16 heavy (non-hydrogen) atoms. The lowest BCUT2D eigenvalue weighted by atomic mass is 10.2. The van der Waals surface area contributed by atoms with Gasteiger partial charge in [-0.05, 0) is 42.2 Å². The first-order chi connectivity index (χ1) is 7.76. The summed E-state index contributed by atoms with van der Waals surface area (Å²) < 4.78 is 1.05. The largest absolute Gasteiger partial charge is 0.370 e. The van der Waals surface area contributed by atoms with Gasteiger partial charge in [0.05, 0.1) is 6.07 Å². The van der Waals surface area contributed by atoms with Crippen molar-refractivity contribution in [1.82, 2.24) is 0 Å². The van der Waals surface area contributed by atoms with Crippen LogP contribution in [0.4, 0.5) is 5.69 Å². The molecule has 1 aromatic rings. The maximum Gasteiger partial charge on any atom is 0.115 e. The van der Waals surface area contributed by atoms with Crippen LogP contribution in [0, 0.1) is 11.3 Å². The van der Waals surface area contributed by atoms with Crippen molar-refractivity contribution in [2.24, 2.45) is 0 Å². The van der Waals surface area contributed by atoms with Gasteiger partial charge in [0.15, 0.2) is 0 Å². The summed E-state index contributed by atoms with van der Waals surface area (Å²) in [5, 5.41) is 12.2. The van der Waals surface area contributed by atoms with Crippen LogP contribution < -0.4 is 5.32 Å². The average molecular weight is 299 g/mol. The van der Waals surface area contributed by atoms with Crippen molar-refractivity contribution in [3.05, 3.63) is 28.7 Å². The highest BCUT2D eigenvalue weighted by molar-refractivity contribution is 9.10. The molecular formula is C12H15BrN2S.